The van der Waals surface area contributed by atoms with Crippen LogP contribution in [0.25, 0.3) is 10.2 Å². The highest BCUT2D eigenvalue weighted by Crippen LogP contribution is 2.22. The summed E-state index contributed by atoms with van der Waals surface area (Å²) in [4.78, 5) is 7.43. The molecule has 0 aliphatic rings. The average Bonchev–Trinajstić information content (AvgIpc) is 2.69. The molecule has 5 heteroatoms. The SMILES string of the molecule is CC(CC(N)=S)N(C)Cc1nc2ccccc2s1. The highest BCUT2D eigenvalue weighted by molar-refractivity contribution is 7.80. The fourth-order valence-electron chi connectivity index (χ4n) is 1.80. The topological polar surface area (TPSA) is 42.1 Å². The number of rotatable bonds is 5. The lowest BCUT2D eigenvalue weighted by Crippen LogP contribution is -2.32. The number of thiocarbonyl (C=S) groups is 1. The molecule has 1 atom stereocenters. The predicted octanol–water partition coefficient (Wildman–Crippen LogP) is 2.79. The first kappa shape index (κ1) is 13.4. The van der Waals surface area contributed by atoms with Gasteiger partial charge >= 0.3 is 0 Å². The summed E-state index contributed by atoms with van der Waals surface area (Å²) in [7, 11) is 2.08. The fraction of sp³-hybridized carbons (Fsp3) is 0.385. The van der Waals surface area contributed by atoms with Crippen LogP contribution in [0.4, 0.5) is 0 Å². The number of nitrogens with zero attached hydrogens (tertiary/aromatic N) is 2. The van der Waals surface area contributed by atoms with Gasteiger partial charge in [0, 0.05) is 12.5 Å². The van der Waals surface area contributed by atoms with Gasteiger partial charge in [0.15, 0.2) is 0 Å². The van der Waals surface area contributed by atoms with E-state index in [9.17, 15) is 0 Å². The molecule has 0 fully saturated rings. The Hall–Kier alpha value is -1.04. The van der Waals surface area contributed by atoms with Crippen molar-refractivity contribution >= 4 is 38.8 Å². The van der Waals surface area contributed by atoms with Crippen molar-refractivity contribution in [2.75, 3.05) is 7.05 Å². The quantitative estimate of drug-likeness (QED) is 0.855. The van der Waals surface area contributed by atoms with E-state index in [4.69, 9.17) is 18.0 Å². The molecule has 2 aromatic rings. The smallest absolute Gasteiger partial charge is 0.108 e. The summed E-state index contributed by atoms with van der Waals surface area (Å²) in [6.45, 7) is 2.97. The van der Waals surface area contributed by atoms with Crippen molar-refractivity contribution in [3.05, 3.63) is 29.3 Å². The minimum absolute atomic E-state index is 0.342. The third-order valence-electron chi connectivity index (χ3n) is 2.97. The minimum Gasteiger partial charge on any atom is -0.393 e. The van der Waals surface area contributed by atoms with Crippen LogP contribution in [0.1, 0.15) is 18.4 Å². The second-order valence-corrected chi connectivity index (χ2v) is 6.15. The van der Waals surface area contributed by atoms with E-state index in [1.165, 1.54) is 4.70 Å². The zero-order valence-corrected chi connectivity index (χ0v) is 12.2. The molecule has 3 nitrogen and oxygen atoms in total. The monoisotopic (exact) mass is 279 g/mol. The number of benzene rings is 1. The van der Waals surface area contributed by atoms with Crippen molar-refractivity contribution in [1.82, 2.24) is 9.88 Å². The molecular formula is C13H17N3S2. The second kappa shape index (κ2) is 5.73. The van der Waals surface area contributed by atoms with Crippen LogP contribution < -0.4 is 5.73 Å². The fourth-order valence-corrected chi connectivity index (χ4v) is 3.08. The maximum absolute atomic E-state index is 5.58. The lowest BCUT2D eigenvalue weighted by Gasteiger charge is -2.22. The summed E-state index contributed by atoms with van der Waals surface area (Å²) in [5.74, 6) is 0. The zero-order chi connectivity index (χ0) is 13.1. The van der Waals surface area contributed by atoms with Crippen LogP contribution in [-0.4, -0.2) is 28.0 Å². The molecule has 1 aromatic heterocycles. The van der Waals surface area contributed by atoms with E-state index in [0.29, 0.717) is 11.0 Å². The van der Waals surface area contributed by atoms with Gasteiger partial charge in [-0.3, -0.25) is 4.90 Å². The standard InChI is InChI=1S/C13H17N3S2/c1-9(7-12(14)17)16(2)8-13-15-10-5-3-4-6-11(10)18-13/h3-6,9H,7-8H2,1-2H3,(H2,14,17). The Morgan fingerprint density at radius 2 is 2.22 bits per heavy atom. The number of thiazole rings is 1. The molecule has 18 heavy (non-hydrogen) atoms. The lowest BCUT2D eigenvalue weighted by molar-refractivity contribution is 0.255. The van der Waals surface area contributed by atoms with Crippen molar-refractivity contribution in [2.45, 2.75) is 25.9 Å². The Bertz CT molecular complexity index is 517. The van der Waals surface area contributed by atoms with Crippen LogP contribution in [0.3, 0.4) is 0 Å². The molecule has 0 saturated heterocycles. The Labute approximate surface area is 117 Å². The van der Waals surface area contributed by atoms with Crippen molar-refractivity contribution in [3.8, 4) is 0 Å². The van der Waals surface area contributed by atoms with E-state index in [-0.39, 0.29) is 0 Å². The van der Waals surface area contributed by atoms with Gasteiger partial charge in [-0.1, -0.05) is 24.4 Å². The molecule has 1 heterocycles. The third kappa shape index (κ3) is 3.25. The predicted molar refractivity (Wildman–Crippen MR) is 82.0 cm³/mol. The average molecular weight is 279 g/mol. The van der Waals surface area contributed by atoms with Crippen LogP contribution in [0.5, 0.6) is 0 Å². The molecule has 96 valence electrons. The van der Waals surface area contributed by atoms with E-state index in [1.54, 1.807) is 11.3 Å². The van der Waals surface area contributed by atoms with Crippen molar-refractivity contribution in [1.29, 1.82) is 0 Å². The molecule has 2 N–H and O–H groups in total. The number of hydrogen-bond acceptors (Lipinski definition) is 4. The van der Waals surface area contributed by atoms with Crippen molar-refractivity contribution in [3.63, 3.8) is 0 Å². The molecule has 0 spiro atoms. The van der Waals surface area contributed by atoms with E-state index in [0.717, 1.165) is 23.5 Å². The first-order valence-electron chi connectivity index (χ1n) is 5.89. The molecule has 0 aliphatic heterocycles. The first-order valence-corrected chi connectivity index (χ1v) is 7.11. The number of aromatic nitrogens is 1. The Morgan fingerprint density at radius 1 is 1.50 bits per heavy atom. The van der Waals surface area contributed by atoms with Crippen LogP contribution in [0, 0.1) is 0 Å². The van der Waals surface area contributed by atoms with Gasteiger partial charge in [-0.25, -0.2) is 4.98 Å². The lowest BCUT2D eigenvalue weighted by atomic mass is 10.2. The van der Waals surface area contributed by atoms with Crippen molar-refractivity contribution in [2.24, 2.45) is 5.73 Å². The number of hydrogen-bond donors (Lipinski definition) is 1. The molecule has 1 unspecified atom stereocenters. The van der Waals surface area contributed by atoms with Gasteiger partial charge in [0.25, 0.3) is 0 Å². The van der Waals surface area contributed by atoms with Gasteiger partial charge in [-0.2, -0.15) is 0 Å². The Morgan fingerprint density at radius 3 is 2.89 bits per heavy atom. The Kier molecular flexibility index (Phi) is 4.27. The molecular weight excluding hydrogens is 262 g/mol. The molecule has 2 rings (SSSR count). The number of para-hydroxylation sites is 1. The van der Waals surface area contributed by atoms with Crippen LogP contribution in [0.2, 0.25) is 0 Å². The summed E-state index contributed by atoms with van der Waals surface area (Å²) in [5, 5.41) is 1.13. The summed E-state index contributed by atoms with van der Waals surface area (Å²) >= 11 is 6.69. The molecule has 1 aromatic carbocycles. The number of nitrogens with two attached hydrogens (primary N) is 1. The van der Waals surface area contributed by atoms with Gasteiger partial charge in [0.05, 0.1) is 21.7 Å². The molecule has 0 saturated carbocycles. The summed E-state index contributed by atoms with van der Waals surface area (Å²) in [5.41, 5.74) is 6.65. The van der Waals surface area contributed by atoms with E-state index in [2.05, 4.69) is 29.9 Å². The second-order valence-electron chi connectivity index (χ2n) is 4.51. The van der Waals surface area contributed by atoms with Gasteiger partial charge in [-0.05, 0) is 26.1 Å². The summed E-state index contributed by atoms with van der Waals surface area (Å²) < 4.78 is 1.24. The third-order valence-corrected chi connectivity index (χ3v) is 4.16. The van der Waals surface area contributed by atoms with E-state index in [1.807, 2.05) is 18.2 Å². The Balaban J connectivity index is 2.06. The highest BCUT2D eigenvalue weighted by Gasteiger charge is 2.13. The molecule has 0 radical (unpaired) electrons. The highest BCUT2D eigenvalue weighted by atomic mass is 32.1. The van der Waals surface area contributed by atoms with Gasteiger partial charge < -0.3 is 5.73 Å². The maximum atomic E-state index is 5.58. The normalized spacial score (nSPS) is 13.1. The first-order chi connectivity index (χ1) is 8.56. The zero-order valence-electron chi connectivity index (χ0n) is 10.6. The molecule has 0 amide bonds. The molecule has 0 aliphatic carbocycles. The summed E-state index contributed by atoms with van der Waals surface area (Å²) in [6.07, 6.45) is 0.747. The van der Waals surface area contributed by atoms with Gasteiger partial charge in [0.2, 0.25) is 0 Å². The summed E-state index contributed by atoms with van der Waals surface area (Å²) in [6, 6.07) is 8.56. The molecule has 0 bridgehead atoms. The van der Waals surface area contributed by atoms with Gasteiger partial charge in [0.1, 0.15) is 5.01 Å². The maximum Gasteiger partial charge on any atom is 0.108 e. The van der Waals surface area contributed by atoms with Crippen LogP contribution in [0.15, 0.2) is 24.3 Å². The van der Waals surface area contributed by atoms with Gasteiger partial charge in [-0.15, -0.1) is 11.3 Å². The van der Waals surface area contributed by atoms with E-state index >= 15 is 0 Å². The van der Waals surface area contributed by atoms with Crippen molar-refractivity contribution < 1.29 is 0 Å². The largest absolute Gasteiger partial charge is 0.393 e. The van der Waals surface area contributed by atoms with Crippen LogP contribution in [-0.2, 0) is 6.54 Å². The van der Waals surface area contributed by atoms with Crippen LogP contribution >= 0.6 is 23.6 Å². The number of fused-ring (bicyclic) bond motifs is 1. The van der Waals surface area contributed by atoms with E-state index < -0.39 is 0 Å². The minimum atomic E-state index is 0.342.